The van der Waals surface area contributed by atoms with Crippen molar-refractivity contribution in [3.63, 3.8) is 0 Å². The molecular formula is C16H19N2+. The highest BCUT2D eigenvalue weighted by molar-refractivity contribution is 6.12. The van der Waals surface area contributed by atoms with E-state index in [-0.39, 0.29) is 0 Å². The van der Waals surface area contributed by atoms with E-state index in [1.807, 2.05) is 36.4 Å². The Labute approximate surface area is 109 Å². The van der Waals surface area contributed by atoms with Crippen molar-refractivity contribution >= 4 is 5.71 Å². The molecule has 92 valence electrons. The molecule has 0 unspecified atom stereocenters. The van der Waals surface area contributed by atoms with Crippen LogP contribution in [0.3, 0.4) is 0 Å². The molecule has 2 aromatic rings. The molecule has 0 spiro atoms. The number of rotatable bonds is 3. The summed E-state index contributed by atoms with van der Waals surface area (Å²) in [4.78, 5) is 0. The standard InChI is InChI=1S/C16H19N2/c1-18(2,3)17-16(14-10-6-4-7-11-14)15-12-8-5-9-13-15/h4-13H,1-3H3/q+1. The highest BCUT2D eigenvalue weighted by atomic mass is 15.6. The van der Waals surface area contributed by atoms with Crippen LogP contribution in [0.2, 0.25) is 0 Å². The molecule has 0 aliphatic carbocycles. The van der Waals surface area contributed by atoms with Crippen LogP contribution >= 0.6 is 0 Å². The quantitative estimate of drug-likeness (QED) is 0.443. The zero-order valence-electron chi connectivity index (χ0n) is 11.2. The zero-order chi connectivity index (χ0) is 13.0. The second-order valence-corrected chi connectivity index (χ2v) is 5.12. The van der Waals surface area contributed by atoms with Crippen molar-refractivity contribution in [2.24, 2.45) is 5.10 Å². The molecule has 0 radical (unpaired) electrons. The second kappa shape index (κ2) is 5.15. The van der Waals surface area contributed by atoms with E-state index in [9.17, 15) is 0 Å². The average molecular weight is 239 g/mol. The summed E-state index contributed by atoms with van der Waals surface area (Å²) >= 11 is 0. The molecule has 0 aliphatic heterocycles. The maximum Gasteiger partial charge on any atom is 0.133 e. The molecule has 2 aromatic carbocycles. The van der Waals surface area contributed by atoms with E-state index < -0.39 is 0 Å². The normalized spacial score (nSPS) is 11.1. The highest BCUT2D eigenvalue weighted by Crippen LogP contribution is 2.12. The lowest BCUT2D eigenvalue weighted by Crippen LogP contribution is -2.29. The SMILES string of the molecule is C[N+](C)(C)N=C(c1ccccc1)c1ccccc1. The van der Waals surface area contributed by atoms with Crippen LogP contribution < -0.4 is 0 Å². The van der Waals surface area contributed by atoms with Crippen molar-refractivity contribution in [2.75, 3.05) is 21.1 Å². The zero-order valence-corrected chi connectivity index (χ0v) is 11.2. The van der Waals surface area contributed by atoms with Gasteiger partial charge < -0.3 is 0 Å². The van der Waals surface area contributed by atoms with Gasteiger partial charge in [-0.3, -0.25) is 0 Å². The van der Waals surface area contributed by atoms with E-state index in [2.05, 4.69) is 45.4 Å². The van der Waals surface area contributed by atoms with Gasteiger partial charge in [0.2, 0.25) is 0 Å². The number of hydrogen-bond acceptors (Lipinski definition) is 1. The van der Waals surface area contributed by atoms with Gasteiger partial charge in [-0.25, -0.2) is 4.59 Å². The van der Waals surface area contributed by atoms with Crippen molar-refractivity contribution in [1.29, 1.82) is 0 Å². The van der Waals surface area contributed by atoms with E-state index in [0.717, 1.165) is 16.8 Å². The average Bonchev–Trinajstić information content (AvgIpc) is 2.37. The van der Waals surface area contributed by atoms with Gasteiger partial charge in [-0.15, -0.1) is 0 Å². The van der Waals surface area contributed by atoms with E-state index in [4.69, 9.17) is 5.10 Å². The molecule has 0 bridgehead atoms. The Morgan fingerprint density at radius 2 is 1.11 bits per heavy atom. The summed E-state index contributed by atoms with van der Waals surface area (Å²) in [7, 11) is 6.18. The van der Waals surface area contributed by atoms with Crippen molar-refractivity contribution in [3.05, 3.63) is 71.8 Å². The Hall–Kier alpha value is -1.93. The molecule has 0 aliphatic rings. The molecule has 0 saturated carbocycles. The van der Waals surface area contributed by atoms with Crippen molar-refractivity contribution in [1.82, 2.24) is 0 Å². The fourth-order valence-electron chi connectivity index (χ4n) is 1.77. The van der Waals surface area contributed by atoms with Crippen molar-refractivity contribution in [2.45, 2.75) is 0 Å². The Kier molecular flexibility index (Phi) is 3.58. The van der Waals surface area contributed by atoms with Crippen LogP contribution in [0.1, 0.15) is 11.1 Å². The summed E-state index contributed by atoms with van der Waals surface area (Å²) in [6, 6.07) is 20.6. The lowest BCUT2D eigenvalue weighted by molar-refractivity contribution is -0.877. The molecule has 0 aromatic heterocycles. The predicted molar refractivity (Wildman–Crippen MR) is 76.6 cm³/mol. The van der Waals surface area contributed by atoms with Gasteiger partial charge >= 0.3 is 0 Å². The van der Waals surface area contributed by atoms with E-state index in [0.29, 0.717) is 4.59 Å². The van der Waals surface area contributed by atoms with Crippen LogP contribution in [-0.4, -0.2) is 31.4 Å². The van der Waals surface area contributed by atoms with Gasteiger partial charge in [0, 0.05) is 11.1 Å². The monoisotopic (exact) mass is 239 g/mol. The molecule has 18 heavy (non-hydrogen) atoms. The summed E-state index contributed by atoms with van der Waals surface area (Å²) < 4.78 is 0.555. The smallest absolute Gasteiger partial charge is 0.133 e. The summed E-state index contributed by atoms with van der Waals surface area (Å²) in [5.74, 6) is 0. The van der Waals surface area contributed by atoms with Crippen LogP contribution in [-0.2, 0) is 0 Å². The maximum absolute atomic E-state index is 4.80. The minimum Gasteiger partial charge on any atom is -0.204 e. The molecule has 0 amide bonds. The highest BCUT2D eigenvalue weighted by Gasteiger charge is 2.13. The van der Waals surface area contributed by atoms with Crippen LogP contribution in [0.4, 0.5) is 0 Å². The maximum atomic E-state index is 4.80. The van der Waals surface area contributed by atoms with Gasteiger partial charge in [0.15, 0.2) is 0 Å². The summed E-state index contributed by atoms with van der Waals surface area (Å²) in [5.41, 5.74) is 3.33. The summed E-state index contributed by atoms with van der Waals surface area (Å²) in [6.07, 6.45) is 0. The molecule has 2 rings (SSSR count). The Morgan fingerprint density at radius 3 is 1.44 bits per heavy atom. The van der Waals surface area contributed by atoms with Gasteiger partial charge in [0.1, 0.15) is 5.71 Å². The number of nitrogens with zero attached hydrogens (tertiary/aromatic N) is 2. The molecule has 0 saturated heterocycles. The Morgan fingerprint density at radius 1 is 0.722 bits per heavy atom. The summed E-state index contributed by atoms with van der Waals surface area (Å²) in [5, 5.41) is 4.80. The largest absolute Gasteiger partial charge is 0.204 e. The Balaban J connectivity index is 2.53. The Bertz CT molecular complexity index is 481. The number of benzene rings is 2. The van der Waals surface area contributed by atoms with Crippen LogP contribution in [0.15, 0.2) is 65.8 Å². The molecule has 0 N–H and O–H groups in total. The van der Waals surface area contributed by atoms with Crippen LogP contribution in [0, 0.1) is 0 Å². The van der Waals surface area contributed by atoms with Crippen molar-refractivity contribution in [3.8, 4) is 0 Å². The first-order valence-corrected chi connectivity index (χ1v) is 6.09. The van der Waals surface area contributed by atoms with Crippen LogP contribution in [0.5, 0.6) is 0 Å². The molecule has 2 nitrogen and oxygen atoms in total. The topological polar surface area (TPSA) is 12.4 Å². The fraction of sp³-hybridized carbons (Fsp3) is 0.188. The van der Waals surface area contributed by atoms with Gasteiger partial charge in [-0.2, -0.15) is 0 Å². The molecule has 0 atom stereocenters. The van der Waals surface area contributed by atoms with Gasteiger partial charge in [0.05, 0.1) is 21.1 Å². The van der Waals surface area contributed by atoms with Gasteiger partial charge in [-0.05, 0) is 0 Å². The lowest BCUT2D eigenvalue weighted by Gasteiger charge is -2.18. The third-order valence-electron chi connectivity index (χ3n) is 2.49. The first-order valence-electron chi connectivity index (χ1n) is 6.09. The van der Waals surface area contributed by atoms with E-state index in [1.54, 1.807) is 0 Å². The molecule has 0 fully saturated rings. The number of hydrogen-bond donors (Lipinski definition) is 0. The number of quaternary nitrogens is 1. The van der Waals surface area contributed by atoms with E-state index in [1.165, 1.54) is 0 Å². The second-order valence-electron chi connectivity index (χ2n) is 5.12. The first-order chi connectivity index (χ1) is 8.56. The minimum atomic E-state index is 0.555. The van der Waals surface area contributed by atoms with E-state index >= 15 is 0 Å². The molecular weight excluding hydrogens is 220 g/mol. The molecule has 0 heterocycles. The molecule has 2 heteroatoms. The van der Waals surface area contributed by atoms with Crippen molar-refractivity contribution < 1.29 is 4.59 Å². The third kappa shape index (κ3) is 3.28. The first kappa shape index (κ1) is 12.5. The third-order valence-corrected chi connectivity index (χ3v) is 2.49. The minimum absolute atomic E-state index is 0.555. The fourth-order valence-corrected chi connectivity index (χ4v) is 1.77. The van der Waals surface area contributed by atoms with Crippen LogP contribution in [0.25, 0.3) is 0 Å². The van der Waals surface area contributed by atoms with Gasteiger partial charge in [0.25, 0.3) is 0 Å². The predicted octanol–water partition coefficient (Wildman–Crippen LogP) is 3.15. The summed E-state index contributed by atoms with van der Waals surface area (Å²) in [6.45, 7) is 0. The lowest BCUT2D eigenvalue weighted by atomic mass is 10.0. The van der Waals surface area contributed by atoms with Gasteiger partial charge in [-0.1, -0.05) is 65.8 Å².